The molecule has 1 aliphatic carbocycles. The number of sulfonamides is 1. The van der Waals surface area contributed by atoms with E-state index in [4.69, 9.17) is 5.11 Å². The number of hydrogen-bond donors (Lipinski definition) is 2. The van der Waals surface area contributed by atoms with Gasteiger partial charge in [0.25, 0.3) is 10.0 Å². The lowest BCUT2D eigenvalue weighted by atomic mass is 10.1. The number of fused-ring (bicyclic) bond motifs is 1. The molecule has 178 valence electrons. The van der Waals surface area contributed by atoms with E-state index in [1.54, 1.807) is 48.5 Å². The highest BCUT2D eigenvalue weighted by Gasteiger charge is 2.28. The quantitative estimate of drug-likeness (QED) is 0.388. The number of nitrogens with zero attached hydrogens (tertiary/aromatic N) is 2. The number of aliphatic hydroxyl groups is 1. The van der Waals surface area contributed by atoms with Gasteiger partial charge in [0.05, 0.1) is 9.79 Å². The van der Waals surface area contributed by atoms with E-state index in [2.05, 4.69) is 21.5 Å². The molecule has 1 saturated carbocycles. The number of benzene rings is 2. The molecule has 35 heavy (non-hydrogen) atoms. The Balaban J connectivity index is 1.62. The minimum absolute atomic E-state index is 0.00791. The Labute approximate surface area is 203 Å². The zero-order valence-corrected chi connectivity index (χ0v) is 20.1. The van der Waals surface area contributed by atoms with Gasteiger partial charge in [-0.25, -0.2) is 30.5 Å². The van der Waals surface area contributed by atoms with Crippen molar-refractivity contribution in [3.8, 4) is 23.0 Å². The minimum atomic E-state index is -4.01. The molecule has 0 unspecified atom stereocenters. The van der Waals surface area contributed by atoms with E-state index in [0.717, 1.165) is 16.8 Å². The van der Waals surface area contributed by atoms with Gasteiger partial charge < -0.3 is 5.11 Å². The highest BCUT2D eigenvalue weighted by Crippen LogP contribution is 2.30. The van der Waals surface area contributed by atoms with Gasteiger partial charge in [0.2, 0.25) is 10.0 Å². The van der Waals surface area contributed by atoms with Crippen LogP contribution in [-0.2, 0) is 20.0 Å². The van der Waals surface area contributed by atoms with Crippen molar-refractivity contribution >= 4 is 31.1 Å². The smallest absolute Gasteiger partial charge is 0.270 e. The van der Waals surface area contributed by atoms with E-state index in [9.17, 15) is 16.8 Å². The Morgan fingerprint density at radius 1 is 0.943 bits per heavy atom. The molecule has 2 aromatic heterocycles. The largest absolute Gasteiger partial charge is 0.384 e. The fourth-order valence-corrected chi connectivity index (χ4v) is 6.52. The van der Waals surface area contributed by atoms with Crippen LogP contribution in [0.15, 0.2) is 82.7 Å². The number of aromatic nitrogens is 2. The highest BCUT2D eigenvalue weighted by molar-refractivity contribution is 7.90. The van der Waals surface area contributed by atoms with Gasteiger partial charge in [-0.15, -0.1) is 0 Å². The first-order valence-corrected chi connectivity index (χ1v) is 13.8. The van der Waals surface area contributed by atoms with Crippen LogP contribution in [0.3, 0.4) is 0 Å². The van der Waals surface area contributed by atoms with Crippen molar-refractivity contribution in [1.29, 1.82) is 0 Å². The summed E-state index contributed by atoms with van der Waals surface area (Å²) in [4.78, 5) is 4.65. The number of aliphatic hydroxyl groups excluding tert-OH is 1. The third-order valence-electron chi connectivity index (χ3n) is 5.55. The van der Waals surface area contributed by atoms with Crippen LogP contribution in [0.1, 0.15) is 18.5 Å². The van der Waals surface area contributed by atoms with E-state index in [-0.39, 0.29) is 27.2 Å². The minimum Gasteiger partial charge on any atom is -0.384 e. The first-order valence-electron chi connectivity index (χ1n) is 10.8. The Morgan fingerprint density at radius 3 is 2.40 bits per heavy atom. The lowest BCUT2D eigenvalue weighted by Crippen LogP contribution is -2.25. The summed E-state index contributed by atoms with van der Waals surface area (Å²) in [6.45, 7) is -0.429. The van der Waals surface area contributed by atoms with Crippen LogP contribution in [0.5, 0.6) is 0 Å². The van der Waals surface area contributed by atoms with Crippen LogP contribution in [-0.4, -0.2) is 43.5 Å². The van der Waals surface area contributed by atoms with Crippen molar-refractivity contribution in [2.75, 3.05) is 6.61 Å². The van der Waals surface area contributed by atoms with Gasteiger partial charge in [-0.05, 0) is 60.7 Å². The van der Waals surface area contributed by atoms with Gasteiger partial charge in [-0.3, -0.25) is 0 Å². The maximum absolute atomic E-state index is 13.4. The fourth-order valence-electron chi connectivity index (χ4n) is 3.72. The second kappa shape index (κ2) is 8.94. The Kier molecular flexibility index (Phi) is 5.94. The van der Waals surface area contributed by atoms with Crippen LogP contribution >= 0.6 is 0 Å². The van der Waals surface area contributed by atoms with E-state index in [1.807, 2.05) is 0 Å². The van der Waals surface area contributed by atoms with Gasteiger partial charge in [0.1, 0.15) is 12.3 Å². The molecule has 4 aromatic rings. The summed E-state index contributed by atoms with van der Waals surface area (Å²) < 4.78 is 55.8. The molecule has 1 fully saturated rings. The summed E-state index contributed by atoms with van der Waals surface area (Å²) in [5.41, 5.74) is 1.59. The molecule has 1 aliphatic rings. The highest BCUT2D eigenvalue weighted by atomic mass is 32.2. The predicted octanol–water partition coefficient (Wildman–Crippen LogP) is 2.72. The molecule has 0 saturated heterocycles. The standard InChI is InChI=1S/C25H21N3O5S2/c29-13-5-7-22-15-19-14-20(18-6-4-10-24(16-18)34(30,31)27-21-11-12-21)17-26-25(19)28(22)35(32,33)23-8-2-1-3-9-23/h1-4,6,8-10,14-17,21,27,29H,11-13H2. The van der Waals surface area contributed by atoms with E-state index in [1.165, 1.54) is 24.4 Å². The molecule has 0 radical (unpaired) electrons. The number of hydrogen-bond acceptors (Lipinski definition) is 6. The zero-order valence-electron chi connectivity index (χ0n) is 18.4. The Bertz CT molecular complexity index is 1700. The van der Waals surface area contributed by atoms with Gasteiger partial charge in [0.15, 0.2) is 5.65 Å². The molecule has 0 spiro atoms. The third kappa shape index (κ3) is 4.59. The van der Waals surface area contributed by atoms with Gasteiger partial charge >= 0.3 is 0 Å². The maximum Gasteiger partial charge on any atom is 0.270 e. The molecule has 0 amide bonds. The van der Waals surface area contributed by atoms with E-state index < -0.39 is 26.7 Å². The second-order valence-electron chi connectivity index (χ2n) is 8.13. The maximum atomic E-state index is 13.4. The number of nitrogens with one attached hydrogen (secondary N) is 1. The second-order valence-corrected chi connectivity index (χ2v) is 11.6. The molecular formula is C25H21N3O5S2. The third-order valence-corrected chi connectivity index (χ3v) is 8.79. The molecule has 0 atom stereocenters. The summed E-state index contributed by atoms with van der Waals surface area (Å²) in [5.74, 6) is 5.20. The first-order chi connectivity index (χ1) is 16.8. The first kappa shape index (κ1) is 23.3. The van der Waals surface area contributed by atoms with Gasteiger partial charge in [-0.1, -0.05) is 36.3 Å². The summed E-state index contributed by atoms with van der Waals surface area (Å²) in [5, 5.41) is 9.66. The molecule has 10 heteroatoms. The monoisotopic (exact) mass is 507 g/mol. The predicted molar refractivity (Wildman–Crippen MR) is 132 cm³/mol. The summed E-state index contributed by atoms with van der Waals surface area (Å²) in [6, 6.07) is 17.8. The Hall–Kier alpha value is -3.49. The Morgan fingerprint density at radius 2 is 1.69 bits per heavy atom. The number of rotatable bonds is 6. The molecule has 0 bridgehead atoms. The normalized spacial score (nSPS) is 14.0. The van der Waals surface area contributed by atoms with Crippen molar-refractivity contribution in [3.63, 3.8) is 0 Å². The number of pyridine rings is 1. The van der Waals surface area contributed by atoms with E-state index in [0.29, 0.717) is 16.5 Å². The van der Waals surface area contributed by atoms with Crippen molar-refractivity contribution in [2.24, 2.45) is 0 Å². The summed E-state index contributed by atoms with van der Waals surface area (Å²) in [7, 11) is -7.64. The van der Waals surface area contributed by atoms with Crippen LogP contribution in [0.25, 0.3) is 22.2 Å². The SMILES string of the molecule is O=S(=O)(NC1CC1)c1cccc(-c2cnc3c(c2)cc(C#CCO)n3S(=O)(=O)c2ccccc2)c1. The van der Waals surface area contributed by atoms with Crippen LogP contribution in [0.2, 0.25) is 0 Å². The molecule has 8 nitrogen and oxygen atoms in total. The topological polar surface area (TPSA) is 118 Å². The van der Waals surface area contributed by atoms with Crippen LogP contribution < -0.4 is 4.72 Å². The summed E-state index contributed by atoms with van der Waals surface area (Å²) >= 11 is 0. The molecular weight excluding hydrogens is 486 g/mol. The average molecular weight is 508 g/mol. The van der Waals surface area contributed by atoms with Crippen molar-refractivity contribution in [2.45, 2.75) is 28.7 Å². The van der Waals surface area contributed by atoms with Gasteiger partial charge in [-0.2, -0.15) is 0 Å². The molecule has 5 rings (SSSR count). The molecule has 2 heterocycles. The van der Waals surface area contributed by atoms with Crippen LogP contribution in [0, 0.1) is 11.8 Å². The lowest BCUT2D eigenvalue weighted by molar-refractivity contribution is 0.350. The van der Waals surface area contributed by atoms with Gasteiger partial charge in [0, 0.05) is 23.2 Å². The van der Waals surface area contributed by atoms with Crippen molar-refractivity contribution in [1.82, 2.24) is 13.7 Å². The zero-order chi connectivity index (χ0) is 24.6. The molecule has 0 aliphatic heterocycles. The van der Waals surface area contributed by atoms with E-state index >= 15 is 0 Å². The fraction of sp³-hybridized carbons (Fsp3) is 0.160. The molecule has 2 aromatic carbocycles. The van der Waals surface area contributed by atoms with Crippen molar-refractivity contribution in [3.05, 3.63) is 78.6 Å². The average Bonchev–Trinajstić information content (AvgIpc) is 3.58. The summed E-state index contributed by atoms with van der Waals surface area (Å²) in [6.07, 6.45) is 3.18. The van der Waals surface area contributed by atoms with Crippen molar-refractivity contribution < 1.29 is 21.9 Å². The lowest BCUT2D eigenvalue weighted by Gasteiger charge is -2.10. The molecule has 2 N–H and O–H groups in total. The van der Waals surface area contributed by atoms with Crippen LogP contribution in [0.4, 0.5) is 0 Å².